The third-order valence-corrected chi connectivity index (χ3v) is 2.39. The second kappa shape index (κ2) is 4.47. The van der Waals surface area contributed by atoms with Gasteiger partial charge in [-0.1, -0.05) is 23.7 Å². The maximum Gasteiger partial charge on any atom is 0.0953 e. The number of benzene rings is 1. The third-order valence-electron chi connectivity index (χ3n) is 2.15. The number of halogens is 1. The second-order valence-corrected chi connectivity index (χ2v) is 3.81. The predicted molar refractivity (Wildman–Crippen MR) is 60.7 cm³/mol. The fraction of sp³-hybridized carbons (Fsp3) is 0.182. The highest BCUT2D eigenvalue weighted by Crippen LogP contribution is 2.11. The summed E-state index contributed by atoms with van der Waals surface area (Å²) in [4.78, 5) is 4.16. The molecule has 0 saturated carbocycles. The van der Waals surface area contributed by atoms with Gasteiger partial charge in [-0.3, -0.25) is 0 Å². The SMILES string of the molecule is NCc1cn(Cc2cccc(Cl)c2)cn1. The summed E-state index contributed by atoms with van der Waals surface area (Å²) in [6, 6.07) is 7.79. The minimum Gasteiger partial charge on any atom is -0.333 e. The number of imidazole rings is 1. The molecule has 2 N–H and O–H groups in total. The van der Waals surface area contributed by atoms with Gasteiger partial charge in [0.2, 0.25) is 0 Å². The largest absolute Gasteiger partial charge is 0.333 e. The van der Waals surface area contributed by atoms with Crippen molar-refractivity contribution in [3.63, 3.8) is 0 Å². The van der Waals surface area contributed by atoms with E-state index < -0.39 is 0 Å². The van der Waals surface area contributed by atoms with Crippen LogP contribution in [0.4, 0.5) is 0 Å². The average Bonchev–Trinajstić information content (AvgIpc) is 2.65. The topological polar surface area (TPSA) is 43.8 Å². The highest BCUT2D eigenvalue weighted by Gasteiger charge is 1.98. The first-order valence-corrected chi connectivity index (χ1v) is 5.11. The van der Waals surface area contributed by atoms with E-state index in [2.05, 4.69) is 4.98 Å². The molecule has 0 bridgehead atoms. The van der Waals surface area contributed by atoms with Gasteiger partial charge in [0.15, 0.2) is 0 Å². The van der Waals surface area contributed by atoms with Crippen LogP contribution in [-0.4, -0.2) is 9.55 Å². The molecule has 0 radical (unpaired) electrons. The molecule has 0 atom stereocenters. The fourth-order valence-electron chi connectivity index (χ4n) is 1.44. The molecule has 0 aliphatic rings. The highest BCUT2D eigenvalue weighted by molar-refractivity contribution is 6.30. The van der Waals surface area contributed by atoms with Crippen LogP contribution in [-0.2, 0) is 13.1 Å². The molecule has 78 valence electrons. The lowest BCUT2D eigenvalue weighted by Gasteiger charge is -2.02. The van der Waals surface area contributed by atoms with Gasteiger partial charge in [0.25, 0.3) is 0 Å². The highest BCUT2D eigenvalue weighted by atomic mass is 35.5. The number of hydrogen-bond donors (Lipinski definition) is 1. The van der Waals surface area contributed by atoms with Crippen molar-refractivity contribution in [2.24, 2.45) is 5.73 Å². The predicted octanol–water partition coefficient (Wildman–Crippen LogP) is 2.04. The molecule has 1 aromatic carbocycles. The number of hydrogen-bond acceptors (Lipinski definition) is 2. The van der Waals surface area contributed by atoms with E-state index in [0.29, 0.717) is 6.54 Å². The van der Waals surface area contributed by atoms with Crippen LogP contribution in [0.25, 0.3) is 0 Å². The van der Waals surface area contributed by atoms with Crippen molar-refractivity contribution in [2.75, 3.05) is 0 Å². The molecule has 1 heterocycles. The van der Waals surface area contributed by atoms with Crippen LogP contribution in [0.2, 0.25) is 5.02 Å². The van der Waals surface area contributed by atoms with Gasteiger partial charge in [-0.05, 0) is 17.7 Å². The lowest BCUT2D eigenvalue weighted by atomic mass is 10.2. The van der Waals surface area contributed by atoms with Gasteiger partial charge in [0.1, 0.15) is 0 Å². The molecule has 0 fully saturated rings. The van der Waals surface area contributed by atoms with E-state index in [1.165, 1.54) is 0 Å². The average molecular weight is 222 g/mol. The number of aromatic nitrogens is 2. The third kappa shape index (κ3) is 2.58. The Kier molecular flexibility index (Phi) is 3.04. The van der Waals surface area contributed by atoms with Crippen molar-refractivity contribution in [1.29, 1.82) is 0 Å². The van der Waals surface area contributed by atoms with Crippen molar-refractivity contribution in [1.82, 2.24) is 9.55 Å². The molecule has 0 amide bonds. The molecule has 0 aliphatic carbocycles. The van der Waals surface area contributed by atoms with Crippen LogP contribution < -0.4 is 5.73 Å². The van der Waals surface area contributed by atoms with Gasteiger partial charge in [-0.2, -0.15) is 0 Å². The fourth-order valence-corrected chi connectivity index (χ4v) is 1.66. The van der Waals surface area contributed by atoms with E-state index in [0.717, 1.165) is 22.8 Å². The normalized spacial score (nSPS) is 10.5. The molecule has 2 aromatic rings. The van der Waals surface area contributed by atoms with Gasteiger partial charge < -0.3 is 10.3 Å². The summed E-state index contributed by atoms with van der Waals surface area (Å²) in [5.74, 6) is 0. The molecule has 0 unspecified atom stereocenters. The van der Waals surface area contributed by atoms with Gasteiger partial charge in [-0.25, -0.2) is 4.98 Å². The second-order valence-electron chi connectivity index (χ2n) is 3.37. The molecule has 0 aliphatic heterocycles. The summed E-state index contributed by atoms with van der Waals surface area (Å²) in [7, 11) is 0. The maximum atomic E-state index is 5.90. The van der Waals surface area contributed by atoms with E-state index in [1.807, 2.05) is 35.0 Å². The molecule has 2 rings (SSSR count). The van der Waals surface area contributed by atoms with E-state index in [9.17, 15) is 0 Å². The summed E-state index contributed by atoms with van der Waals surface area (Å²) in [5, 5.41) is 0.756. The molecule has 0 spiro atoms. The van der Waals surface area contributed by atoms with Crippen LogP contribution in [0.15, 0.2) is 36.8 Å². The molecule has 3 nitrogen and oxygen atoms in total. The Bertz CT molecular complexity index is 451. The quantitative estimate of drug-likeness (QED) is 0.862. The first-order valence-electron chi connectivity index (χ1n) is 4.73. The van der Waals surface area contributed by atoms with Crippen molar-refractivity contribution in [3.8, 4) is 0 Å². The summed E-state index contributed by atoms with van der Waals surface area (Å²) >= 11 is 5.90. The minimum absolute atomic E-state index is 0.475. The Hall–Kier alpha value is -1.32. The number of nitrogens with two attached hydrogens (primary N) is 1. The van der Waals surface area contributed by atoms with Crippen LogP contribution in [0.5, 0.6) is 0 Å². The van der Waals surface area contributed by atoms with E-state index in [-0.39, 0.29) is 0 Å². The molecule has 15 heavy (non-hydrogen) atoms. The Balaban J connectivity index is 2.14. The van der Waals surface area contributed by atoms with Crippen LogP contribution in [0, 0.1) is 0 Å². The van der Waals surface area contributed by atoms with Gasteiger partial charge in [0, 0.05) is 24.3 Å². The monoisotopic (exact) mass is 221 g/mol. The van der Waals surface area contributed by atoms with Crippen molar-refractivity contribution < 1.29 is 0 Å². The first-order chi connectivity index (χ1) is 7.28. The van der Waals surface area contributed by atoms with E-state index >= 15 is 0 Å². The summed E-state index contributed by atoms with van der Waals surface area (Å²) in [5.41, 5.74) is 7.54. The molecule has 0 saturated heterocycles. The molecular formula is C11H12ClN3. The van der Waals surface area contributed by atoms with E-state index in [4.69, 9.17) is 17.3 Å². The van der Waals surface area contributed by atoms with Crippen LogP contribution in [0.1, 0.15) is 11.3 Å². The lowest BCUT2D eigenvalue weighted by molar-refractivity contribution is 0.796. The van der Waals surface area contributed by atoms with Gasteiger partial charge >= 0.3 is 0 Å². The van der Waals surface area contributed by atoms with Crippen LogP contribution >= 0.6 is 11.6 Å². The van der Waals surface area contributed by atoms with Gasteiger partial charge in [0.05, 0.1) is 12.0 Å². The minimum atomic E-state index is 0.475. The smallest absolute Gasteiger partial charge is 0.0953 e. The van der Waals surface area contributed by atoms with Crippen LogP contribution in [0.3, 0.4) is 0 Å². The molecule has 4 heteroatoms. The Morgan fingerprint density at radius 3 is 2.93 bits per heavy atom. The molecular weight excluding hydrogens is 210 g/mol. The van der Waals surface area contributed by atoms with E-state index in [1.54, 1.807) is 6.33 Å². The summed E-state index contributed by atoms with van der Waals surface area (Å²) in [6.07, 6.45) is 3.73. The Morgan fingerprint density at radius 1 is 1.40 bits per heavy atom. The molecule has 1 aromatic heterocycles. The Labute approximate surface area is 93.5 Å². The summed E-state index contributed by atoms with van der Waals surface area (Å²) in [6.45, 7) is 1.25. The number of nitrogens with zero attached hydrogens (tertiary/aromatic N) is 2. The summed E-state index contributed by atoms with van der Waals surface area (Å²) < 4.78 is 1.99. The lowest BCUT2D eigenvalue weighted by Crippen LogP contribution is -1.98. The zero-order valence-corrected chi connectivity index (χ0v) is 8.98. The Morgan fingerprint density at radius 2 is 2.27 bits per heavy atom. The maximum absolute atomic E-state index is 5.90. The van der Waals surface area contributed by atoms with Crippen molar-refractivity contribution in [2.45, 2.75) is 13.1 Å². The van der Waals surface area contributed by atoms with Gasteiger partial charge in [-0.15, -0.1) is 0 Å². The zero-order valence-electron chi connectivity index (χ0n) is 8.23. The van der Waals surface area contributed by atoms with Crippen molar-refractivity contribution in [3.05, 3.63) is 53.1 Å². The van der Waals surface area contributed by atoms with Crippen molar-refractivity contribution >= 4 is 11.6 Å². The zero-order chi connectivity index (χ0) is 10.7. The number of rotatable bonds is 3. The standard InChI is InChI=1S/C11H12ClN3/c12-10-3-1-2-9(4-10)6-15-7-11(5-13)14-8-15/h1-4,7-8H,5-6,13H2. The first kappa shape index (κ1) is 10.2.